The van der Waals surface area contributed by atoms with E-state index in [1.807, 2.05) is 19.1 Å². The number of hydrogen-bond acceptors (Lipinski definition) is 4. The van der Waals surface area contributed by atoms with Gasteiger partial charge in [-0.3, -0.25) is 4.79 Å². The molecule has 0 spiro atoms. The van der Waals surface area contributed by atoms with E-state index < -0.39 is 6.10 Å². The molecule has 0 aliphatic heterocycles. The second-order valence-electron chi connectivity index (χ2n) is 3.81. The Hall–Kier alpha value is -1.75. The topological polar surface area (TPSA) is 73.6 Å². The Morgan fingerprint density at radius 3 is 2.78 bits per heavy atom. The molecule has 0 saturated carbocycles. The fraction of sp³-hybridized carbons (Fsp3) is 0.462. The minimum Gasteiger partial charge on any atom is -0.493 e. The monoisotopic (exact) mass is 252 g/mol. The Labute approximate surface area is 107 Å². The van der Waals surface area contributed by atoms with Crippen LogP contribution in [0, 0.1) is 0 Å². The lowest BCUT2D eigenvalue weighted by Crippen LogP contribution is -2.36. The largest absolute Gasteiger partial charge is 0.493 e. The van der Waals surface area contributed by atoms with E-state index in [2.05, 4.69) is 5.32 Å². The van der Waals surface area contributed by atoms with Crippen LogP contribution in [0.15, 0.2) is 18.2 Å². The van der Waals surface area contributed by atoms with Gasteiger partial charge in [-0.2, -0.15) is 0 Å². The van der Waals surface area contributed by atoms with Crippen LogP contribution in [0.5, 0.6) is 11.5 Å². The molecule has 5 nitrogen and oxygen atoms in total. The summed E-state index contributed by atoms with van der Waals surface area (Å²) in [5.41, 5.74) is 6.46. The van der Waals surface area contributed by atoms with Gasteiger partial charge < -0.3 is 20.5 Å². The number of nitrogens with two attached hydrogens (primary N) is 1. The highest BCUT2D eigenvalue weighted by atomic mass is 16.5. The van der Waals surface area contributed by atoms with E-state index in [0.29, 0.717) is 24.6 Å². The van der Waals surface area contributed by atoms with Crippen molar-refractivity contribution in [2.24, 2.45) is 5.73 Å². The second kappa shape index (κ2) is 6.86. The number of nitrogens with one attached hydrogen (secondary N) is 1. The summed E-state index contributed by atoms with van der Waals surface area (Å²) in [5, 5.41) is 2.70. The highest BCUT2D eigenvalue weighted by Crippen LogP contribution is 2.31. The molecule has 0 saturated heterocycles. The van der Waals surface area contributed by atoms with Gasteiger partial charge in [0.25, 0.3) is 5.91 Å². The van der Waals surface area contributed by atoms with Gasteiger partial charge in [0.2, 0.25) is 0 Å². The lowest BCUT2D eigenvalue weighted by molar-refractivity contribution is -0.127. The van der Waals surface area contributed by atoms with Crippen molar-refractivity contribution in [1.29, 1.82) is 0 Å². The second-order valence-corrected chi connectivity index (χ2v) is 3.81. The van der Waals surface area contributed by atoms with Crippen molar-refractivity contribution >= 4 is 5.91 Å². The number of methoxy groups -OCH3 is 1. The van der Waals surface area contributed by atoms with Crippen molar-refractivity contribution in [3.05, 3.63) is 23.8 Å². The van der Waals surface area contributed by atoms with Gasteiger partial charge in [0.1, 0.15) is 0 Å². The quantitative estimate of drug-likeness (QED) is 0.794. The molecule has 0 radical (unpaired) electrons. The Balaban J connectivity index is 2.91. The average molecular weight is 252 g/mol. The van der Waals surface area contributed by atoms with Gasteiger partial charge in [-0.05, 0) is 19.9 Å². The summed E-state index contributed by atoms with van der Waals surface area (Å²) < 4.78 is 10.9. The van der Waals surface area contributed by atoms with Crippen LogP contribution >= 0.6 is 0 Å². The molecule has 0 aliphatic rings. The molecule has 100 valence electrons. The molecule has 3 N–H and O–H groups in total. The van der Waals surface area contributed by atoms with E-state index >= 15 is 0 Å². The number of hydrogen-bond donors (Lipinski definition) is 2. The SMILES string of the molecule is CCNC(=O)C(C)Oc1c(CN)cccc1OC. The zero-order valence-electron chi connectivity index (χ0n) is 11.0. The van der Waals surface area contributed by atoms with E-state index in [9.17, 15) is 4.79 Å². The van der Waals surface area contributed by atoms with E-state index in [1.54, 1.807) is 20.1 Å². The highest BCUT2D eigenvalue weighted by molar-refractivity contribution is 5.80. The van der Waals surface area contributed by atoms with E-state index in [1.165, 1.54) is 0 Å². The fourth-order valence-corrected chi connectivity index (χ4v) is 1.56. The first-order valence-corrected chi connectivity index (χ1v) is 5.94. The molecular weight excluding hydrogens is 232 g/mol. The summed E-state index contributed by atoms with van der Waals surface area (Å²) in [6.07, 6.45) is -0.591. The Morgan fingerprint density at radius 2 is 2.22 bits per heavy atom. The molecule has 1 unspecified atom stereocenters. The first kappa shape index (κ1) is 14.3. The van der Waals surface area contributed by atoms with Gasteiger partial charge in [0.15, 0.2) is 17.6 Å². The van der Waals surface area contributed by atoms with Gasteiger partial charge >= 0.3 is 0 Å². The van der Waals surface area contributed by atoms with Crippen LogP contribution in [0.2, 0.25) is 0 Å². The van der Waals surface area contributed by atoms with Crippen LogP contribution in [0.25, 0.3) is 0 Å². The predicted molar refractivity (Wildman–Crippen MR) is 69.7 cm³/mol. The maximum absolute atomic E-state index is 11.6. The van der Waals surface area contributed by atoms with E-state index in [0.717, 1.165) is 5.56 Å². The molecule has 1 aromatic rings. The van der Waals surface area contributed by atoms with E-state index in [4.69, 9.17) is 15.2 Å². The summed E-state index contributed by atoms with van der Waals surface area (Å²) in [6.45, 7) is 4.45. The van der Waals surface area contributed by atoms with Gasteiger partial charge in [-0.25, -0.2) is 0 Å². The average Bonchev–Trinajstić information content (AvgIpc) is 2.39. The number of benzene rings is 1. The number of amides is 1. The predicted octanol–water partition coefficient (Wildman–Crippen LogP) is 1.06. The molecule has 1 rings (SSSR count). The molecule has 1 amide bonds. The maximum Gasteiger partial charge on any atom is 0.260 e. The van der Waals surface area contributed by atoms with Gasteiger partial charge in [0.05, 0.1) is 7.11 Å². The Kier molecular flexibility index (Phi) is 5.45. The fourth-order valence-electron chi connectivity index (χ4n) is 1.56. The zero-order chi connectivity index (χ0) is 13.5. The van der Waals surface area contributed by atoms with Crippen LogP contribution < -0.4 is 20.5 Å². The van der Waals surface area contributed by atoms with Crippen LogP contribution in [-0.2, 0) is 11.3 Å². The summed E-state index contributed by atoms with van der Waals surface area (Å²) >= 11 is 0. The molecule has 5 heteroatoms. The first-order chi connectivity index (χ1) is 8.63. The molecule has 1 atom stereocenters. The van der Waals surface area contributed by atoms with Crippen molar-refractivity contribution in [1.82, 2.24) is 5.32 Å². The molecule has 0 fully saturated rings. The van der Waals surface area contributed by atoms with Crippen LogP contribution in [0.4, 0.5) is 0 Å². The third-order valence-electron chi connectivity index (χ3n) is 2.52. The molecule has 0 bridgehead atoms. The molecule has 0 aromatic heterocycles. The van der Waals surface area contributed by atoms with Crippen molar-refractivity contribution in [2.45, 2.75) is 26.5 Å². The Bertz CT molecular complexity index is 385. The van der Waals surface area contributed by atoms with Crippen molar-refractivity contribution in [3.8, 4) is 11.5 Å². The number of carbonyl (C=O) groups is 1. The number of para-hydroxylation sites is 1. The number of ether oxygens (including phenoxy) is 2. The molecule has 0 heterocycles. The van der Waals surface area contributed by atoms with Gasteiger partial charge in [0, 0.05) is 18.7 Å². The van der Waals surface area contributed by atoms with Crippen LogP contribution in [-0.4, -0.2) is 25.7 Å². The smallest absolute Gasteiger partial charge is 0.260 e. The summed E-state index contributed by atoms with van der Waals surface area (Å²) in [4.78, 5) is 11.6. The van der Waals surface area contributed by atoms with Crippen LogP contribution in [0.1, 0.15) is 19.4 Å². The van der Waals surface area contributed by atoms with Gasteiger partial charge in [-0.1, -0.05) is 12.1 Å². The number of likely N-dealkylation sites (N-methyl/N-ethyl adjacent to an activating group) is 1. The number of rotatable bonds is 6. The first-order valence-electron chi connectivity index (χ1n) is 5.94. The van der Waals surface area contributed by atoms with Gasteiger partial charge in [-0.15, -0.1) is 0 Å². The summed E-state index contributed by atoms with van der Waals surface area (Å²) in [5.74, 6) is 0.946. The molecule has 18 heavy (non-hydrogen) atoms. The lowest BCUT2D eigenvalue weighted by Gasteiger charge is -2.18. The third kappa shape index (κ3) is 3.37. The molecule has 1 aromatic carbocycles. The lowest BCUT2D eigenvalue weighted by atomic mass is 10.2. The highest BCUT2D eigenvalue weighted by Gasteiger charge is 2.18. The normalized spacial score (nSPS) is 11.8. The zero-order valence-corrected chi connectivity index (χ0v) is 11.0. The van der Waals surface area contributed by atoms with Crippen molar-refractivity contribution in [2.75, 3.05) is 13.7 Å². The summed E-state index contributed by atoms with van der Waals surface area (Å²) in [6, 6.07) is 5.46. The van der Waals surface area contributed by atoms with Crippen LogP contribution in [0.3, 0.4) is 0 Å². The van der Waals surface area contributed by atoms with E-state index in [-0.39, 0.29) is 5.91 Å². The molecule has 0 aliphatic carbocycles. The van der Waals surface area contributed by atoms with Crippen molar-refractivity contribution < 1.29 is 14.3 Å². The standard InChI is InChI=1S/C13H20N2O3/c1-4-15-13(16)9(2)18-12-10(8-14)6-5-7-11(12)17-3/h5-7,9H,4,8,14H2,1-3H3,(H,15,16). The van der Waals surface area contributed by atoms with Crippen molar-refractivity contribution in [3.63, 3.8) is 0 Å². The minimum atomic E-state index is -0.591. The maximum atomic E-state index is 11.6. The number of carbonyl (C=O) groups excluding carboxylic acids is 1. The Morgan fingerprint density at radius 1 is 1.50 bits per heavy atom. The third-order valence-corrected chi connectivity index (χ3v) is 2.52. The minimum absolute atomic E-state index is 0.161. The molecular formula is C13H20N2O3. The summed E-state index contributed by atoms with van der Waals surface area (Å²) in [7, 11) is 1.55.